The van der Waals surface area contributed by atoms with Crippen molar-refractivity contribution in [2.75, 3.05) is 49.9 Å². The molecule has 0 saturated carbocycles. The van der Waals surface area contributed by atoms with Crippen molar-refractivity contribution in [3.05, 3.63) is 63.7 Å². The van der Waals surface area contributed by atoms with Gasteiger partial charge in [-0.1, -0.05) is 29.8 Å². The zero-order valence-electron chi connectivity index (χ0n) is 16.2. The smallest absolute Gasteiger partial charge is 0.271 e. The Morgan fingerprint density at radius 1 is 0.933 bits per heavy atom. The number of benzene rings is 2. The number of halogens is 1. The first kappa shape index (κ1) is 21.7. The average Bonchev–Trinajstić information content (AvgIpc) is 2.71. The Kier molecular flexibility index (Phi) is 7.34. The van der Waals surface area contributed by atoms with E-state index in [-0.39, 0.29) is 29.1 Å². The van der Waals surface area contributed by atoms with E-state index < -0.39 is 4.92 Å². The third-order valence-electron chi connectivity index (χ3n) is 4.69. The molecular weight excluding hydrogens is 410 g/mol. The van der Waals surface area contributed by atoms with E-state index in [4.69, 9.17) is 11.6 Å². The summed E-state index contributed by atoms with van der Waals surface area (Å²) < 4.78 is 0. The number of hydrogen-bond acceptors (Lipinski definition) is 6. The van der Waals surface area contributed by atoms with Crippen LogP contribution in [0.5, 0.6) is 0 Å². The predicted molar refractivity (Wildman–Crippen MR) is 115 cm³/mol. The highest BCUT2D eigenvalue weighted by molar-refractivity contribution is 6.34. The number of carbonyl (C=O) groups excluding carboxylic acids is 2. The number of non-ortho nitro benzene ring substituents is 1. The number of nitrogens with one attached hydrogen (secondary N) is 2. The molecule has 0 aliphatic carbocycles. The van der Waals surface area contributed by atoms with Crippen molar-refractivity contribution in [1.29, 1.82) is 0 Å². The van der Waals surface area contributed by atoms with Crippen LogP contribution in [0.25, 0.3) is 0 Å². The molecule has 0 radical (unpaired) electrons. The fraction of sp³-hybridized carbons (Fsp3) is 0.300. The van der Waals surface area contributed by atoms with Crippen molar-refractivity contribution >= 4 is 40.5 Å². The number of para-hydroxylation sites is 1. The summed E-state index contributed by atoms with van der Waals surface area (Å²) in [6, 6.07) is 13.2. The molecule has 2 aromatic rings. The number of anilines is 2. The van der Waals surface area contributed by atoms with Crippen molar-refractivity contribution in [3.63, 3.8) is 0 Å². The molecule has 0 bridgehead atoms. The highest BCUT2D eigenvalue weighted by Gasteiger charge is 2.21. The summed E-state index contributed by atoms with van der Waals surface area (Å²) in [6.07, 6.45) is 0. The quantitative estimate of drug-likeness (QED) is 0.515. The third-order valence-corrected chi connectivity index (χ3v) is 5.01. The number of piperazine rings is 1. The van der Waals surface area contributed by atoms with Gasteiger partial charge in [0.05, 0.1) is 28.7 Å². The Morgan fingerprint density at radius 2 is 1.50 bits per heavy atom. The van der Waals surface area contributed by atoms with Crippen LogP contribution in [0.1, 0.15) is 0 Å². The second kappa shape index (κ2) is 10.1. The molecule has 1 saturated heterocycles. The molecule has 9 nitrogen and oxygen atoms in total. The summed E-state index contributed by atoms with van der Waals surface area (Å²) >= 11 is 6.01. The van der Waals surface area contributed by atoms with E-state index in [0.717, 1.165) is 5.69 Å². The molecule has 0 aromatic heterocycles. The normalized spacial score (nSPS) is 14.8. The molecular formula is C20H22ClN5O4. The first-order chi connectivity index (χ1) is 14.4. The van der Waals surface area contributed by atoms with E-state index >= 15 is 0 Å². The highest BCUT2D eigenvalue weighted by atomic mass is 35.5. The number of carbonyl (C=O) groups is 2. The molecule has 0 atom stereocenters. The van der Waals surface area contributed by atoms with E-state index in [9.17, 15) is 19.7 Å². The summed E-state index contributed by atoms with van der Waals surface area (Å²) in [6.45, 7) is 3.13. The fourth-order valence-corrected chi connectivity index (χ4v) is 3.36. The van der Waals surface area contributed by atoms with Gasteiger partial charge in [-0.25, -0.2) is 0 Å². The largest absolute Gasteiger partial charge is 0.325 e. The lowest BCUT2D eigenvalue weighted by molar-refractivity contribution is -0.384. The van der Waals surface area contributed by atoms with Crippen molar-refractivity contribution in [2.45, 2.75) is 0 Å². The second-order valence-electron chi connectivity index (χ2n) is 6.94. The fourth-order valence-electron chi connectivity index (χ4n) is 3.14. The summed E-state index contributed by atoms with van der Waals surface area (Å²) in [5.41, 5.74) is 0.969. The molecule has 3 rings (SSSR count). The van der Waals surface area contributed by atoms with Gasteiger partial charge in [0.15, 0.2) is 0 Å². The van der Waals surface area contributed by atoms with Crippen LogP contribution in [0.3, 0.4) is 0 Å². The van der Waals surface area contributed by atoms with Crippen molar-refractivity contribution in [1.82, 2.24) is 9.80 Å². The van der Waals surface area contributed by atoms with Crippen LogP contribution in [0, 0.1) is 10.1 Å². The number of nitrogens with zero attached hydrogens (tertiary/aromatic N) is 3. The topological polar surface area (TPSA) is 108 Å². The van der Waals surface area contributed by atoms with Crippen LogP contribution < -0.4 is 10.6 Å². The van der Waals surface area contributed by atoms with Gasteiger partial charge in [0.1, 0.15) is 0 Å². The summed E-state index contributed by atoms with van der Waals surface area (Å²) in [7, 11) is 0. The van der Waals surface area contributed by atoms with Gasteiger partial charge in [0.2, 0.25) is 11.8 Å². The Labute approximate surface area is 178 Å². The molecule has 2 N–H and O–H groups in total. The molecule has 1 aliphatic rings. The average molecular weight is 432 g/mol. The van der Waals surface area contributed by atoms with Crippen LogP contribution in [0.4, 0.5) is 17.1 Å². The predicted octanol–water partition coefficient (Wildman–Crippen LogP) is 2.44. The lowest BCUT2D eigenvalue weighted by atomic mass is 10.2. The molecule has 2 amide bonds. The standard InChI is InChI=1S/C20H22ClN5O4/c21-17-12-16(26(29)30)6-7-18(17)23-20(28)14-25-10-8-24(9-11-25)13-19(27)22-15-4-2-1-3-5-15/h1-7,12H,8-11,13-14H2,(H,22,27)(H,23,28). The van der Waals surface area contributed by atoms with E-state index in [2.05, 4.69) is 10.6 Å². The lowest BCUT2D eigenvalue weighted by Crippen LogP contribution is -2.50. The minimum Gasteiger partial charge on any atom is -0.325 e. The van der Waals surface area contributed by atoms with Gasteiger partial charge in [0, 0.05) is 44.0 Å². The van der Waals surface area contributed by atoms with Crippen molar-refractivity contribution in [3.8, 4) is 0 Å². The molecule has 1 heterocycles. The first-order valence-corrected chi connectivity index (χ1v) is 9.82. The molecule has 0 spiro atoms. The summed E-state index contributed by atoms with van der Waals surface area (Å²) in [5.74, 6) is -0.318. The Balaban J connectivity index is 1.41. The number of rotatable bonds is 7. The van der Waals surface area contributed by atoms with Crippen LogP contribution >= 0.6 is 11.6 Å². The zero-order chi connectivity index (χ0) is 21.5. The SMILES string of the molecule is O=C(CN1CCN(CC(=O)Nc2ccc([N+](=O)[O-])cc2Cl)CC1)Nc1ccccc1. The first-order valence-electron chi connectivity index (χ1n) is 9.44. The minimum atomic E-state index is -0.545. The Bertz CT molecular complexity index is 917. The van der Waals surface area contributed by atoms with Gasteiger partial charge < -0.3 is 10.6 Å². The number of hydrogen-bond donors (Lipinski definition) is 2. The maximum absolute atomic E-state index is 12.3. The van der Waals surface area contributed by atoms with Crippen molar-refractivity contribution < 1.29 is 14.5 Å². The molecule has 2 aromatic carbocycles. The van der Waals surface area contributed by atoms with E-state index in [1.54, 1.807) is 0 Å². The van der Waals surface area contributed by atoms with Gasteiger partial charge in [-0.2, -0.15) is 0 Å². The number of nitro benzene ring substituents is 1. The minimum absolute atomic E-state index is 0.0693. The molecule has 30 heavy (non-hydrogen) atoms. The molecule has 1 aliphatic heterocycles. The number of nitro groups is 1. The molecule has 0 unspecified atom stereocenters. The number of amides is 2. The van der Waals surface area contributed by atoms with E-state index in [0.29, 0.717) is 38.4 Å². The Morgan fingerprint density at radius 3 is 2.03 bits per heavy atom. The van der Waals surface area contributed by atoms with Crippen LogP contribution in [-0.4, -0.2) is 65.8 Å². The summed E-state index contributed by atoms with van der Waals surface area (Å²) in [5, 5.41) is 16.4. The highest BCUT2D eigenvalue weighted by Crippen LogP contribution is 2.26. The molecule has 10 heteroatoms. The van der Waals surface area contributed by atoms with E-state index in [1.165, 1.54) is 18.2 Å². The van der Waals surface area contributed by atoms with Crippen molar-refractivity contribution in [2.24, 2.45) is 0 Å². The third kappa shape index (κ3) is 6.24. The van der Waals surface area contributed by atoms with Gasteiger partial charge >= 0.3 is 0 Å². The maximum Gasteiger partial charge on any atom is 0.271 e. The molecule has 1 fully saturated rings. The van der Waals surface area contributed by atoms with Crippen LogP contribution in [0.15, 0.2) is 48.5 Å². The van der Waals surface area contributed by atoms with Gasteiger partial charge in [-0.05, 0) is 18.2 Å². The summed E-state index contributed by atoms with van der Waals surface area (Å²) in [4.78, 5) is 38.7. The second-order valence-corrected chi connectivity index (χ2v) is 7.34. The monoisotopic (exact) mass is 431 g/mol. The van der Waals surface area contributed by atoms with E-state index in [1.807, 2.05) is 40.1 Å². The van der Waals surface area contributed by atoms with Gasteiger partial charge in [-0.3, -0.25) is 29.5 Å². The molecule has 158 valence electrons. The maximum atomic E-state index is 12.3. The van der Waals surface area contributed by atoms with Crippen LogP contribution in [-0.2, 0) is 9.59 Å². The van der Waals surface area contributed by atoms with Crippen LogP contribution in [0.2, 0.25) is 5.02 Å². The van der Waals surface area contributed by atoms with Gasteiger partial charge in [-0.15, -0.1) is 0 Å². The lowest BCUT2D eigenvalue weighted by Gasteiger charge is -2.33. The zero-order valence-corrected chi connectivity index (χ0v) is 17.0. The Hall–Kier alpha value is -3.01. The van der Waals surface area contributed by atoms with Gasteiger partial charge in [0.25, 0.3) is 5.69 Å².